The Morgan fingerprint density at radius 2 is 1.73 bits per heavy atom. The van der Waals surface area contributed by atoms with Gasteiger partial charge in [0.05, 0.1) is 12.6 Å². The van der Waals surface area contributed by atoms with Crippen LogP contribution in [0.1, 0.15) is 102 Å². The van der Waals surface area contributed by atoms with E-state index in [0.717, 1.165) is 50.5 Å². The Labute approximate surface area is 298 Å². The van der Waals surface area contributed by atoms with Crippen molar-refractivity contribution in [1.82, 2.24) is 21.1 Å². The number of aliphatic hydroxyl groups is 1. The minimum atomic E-state index is -2.14. The Hall–Kier alpha value is -3.18. The van der Waals surface area contributed by atoms with Gasteiger partial charge >= 0.3 is 6.09 Å². The van der Waals surface area contributed by atoms with Gasteiger partial charge in [0.25, 0.3) is 11.8 Å². The number of hydrogen-bond donors (Lipinski definition) is 4. The third-order valence-electron chi connectivity index (χ3n) is 10.2. The fraction of sp³-hybridized carbons (Fsp3) is 0.568. The van der Waals surface area contributed by atoms with E-state index in [1.54, 1.807) is 19.1 Å². The number of ketones is 1. The van der Waals surface area contributed by atoms with Crippen molar-refractivity contribution in [3.05, 3.63) is 69.7 Å². The first-order valence-corrected chi connectivity index (χ1v) is 18.2. The highest BCUT2D eigenvalue weighted by molar-refractivity contribution is 6.31. The van der Waals surface area contributed by atoms with Crippen molar-refractivity contribution in [2.75, 3.05) is 6.54 Å². The van der Waals surface area contributed by atoms with Gasteiger partial charge in [-0.15, -0.1) is 0 Å². The van der Waals surface area contributed by atoms with Crippen molar-refractivity contribution < 1.29 is 29.0 Å². The highest BCUT2D eigenvalue weighted by Crippen LogP contribution is 2.40. The number of amides is 3. The maximum atomic E-state index is 13.7. The molecule has 49 heavy (non-hydrogen) atoms. The molecule has 2 saturated carbocycles. The smallest absolute Gasteiger partial charge is 0.408 e. The van der Waals surface area contributed by atoms with Gasteiger partial charge < -0.3 is 20.5 Å². The molecule has 1 heterocycles. The van der Waals surface area contributed by atoms with Gasteiger partial charge in [-0.1, -0.05) is 99.5 Å². The van der Waals surface area contributed by atoms with Crippen molar-refractivity contribution in [3.63, 3.8) is 0 Å². The minimum absolute atomic E-state index is 0.137. The Morgan fingerprint density at radius 1 is 1.02 bits per heavy atom. The van der Waals surface area contributed by atoms with Crippen molar-refractivity contribution >= 4 is 46.9 Å². The molecule has 3 amide bonds. The van der Waals surface area contributed by atoms with Crippen molar-refractivity contribution in [3.8, 4) is 0 Å². The zero-order valence-corrected chi connectivity index (χ0v) is 30.0. The molecule has 12 heteroatoms. The summed E-state index contributed by atoms with van der Waals surface area (Å²) < 4.78 is 5.95. The van der Waals surface area contributed by atoms with E-state index in [0.29, 0.717) is 22.0 Å². The van der Waals surface area contributed by atoms with E-state index in [4.69, 9.17) is 27.9 Å². The summed E-state index contributed by atoms with van der Waals surface area (Å²) in [6, 6.07) is 13.7. The summed E-state index contributed by atoms with van der Waals surface area (Å²) in [5, 5.41) is 19.2. The fourth-order valence-electron chi connectivity index (χ4n) is 6.93. The molecule has 0 radical (unpaired) electrons. The number of Topliss-reactive ketones (excluding diaryl/α,β-unsaturated/α-hetero) is 1. The van der Waals surface area contributed by atoms with Gasteiger partial charge in [0.1, 0.15) is 0 Å². The van der Waals surface area contributed by atoms with E-state index in [9.17, 15) is 24.3 Å². The number of hydrazine groups is 1. The van der Waals surface area contributed by atoms with E-state index in [2.05, 4.69) is 16.1 Å². The van der Waals surface area contributed by atoms with Crippen LogP contribution < -0.4 is 16.1 Å². The second kappa shape index (κ2) is 15.8. The molecule has 1 aliphatic heterocycles. The predicted octanol–water partition coefficient (Wildman–Crippen LogP) is 6.17. The first-order valence-electron chi connectivity index (χ1n) is 17.4. The number of alkyl carbamates (subject to hydrolysis) is 1. The largest absolute Gasteiger partial charge is 0.436 e. The standard InChI is InChI=1S/C37H48Cl2N4O6/c1-23(18-19-37(48)31(44)22-43(34(37)46)42-27-16-17-27)40-33(45)30(20-24-10-5-4-6-11-24)49-35(47)41-32(28-14-7-8-15-29(28)39)36(2,3)25-12-9-13-26(38)21-25/h7-9,12-15,21,23-24,27,30,32,42,48H,4-6,10-11,16-20,22H2,1-3H3,(H,40,45)(H,41,47)/t23-,30-,32?,37-/m0/s1. The van der Waals surface area contributed by atoms with Crippen LogP contribution in [0.4, 0.5) is 4.79 Å². The molecular weight excluding hydrogens is 667 g/mol. The first-order chi connectivity index (χ1) is 23.3. The zero-order valence-electron chi connectivity index (χ0n) is 28.5. The van der Waals surface area contributed by atoms with Gasteiger partial charge in [-0.3, -0.25) is 19.4 Å². The monoisotopic (exact) mass is 714 g/mol. The molecule has 3 aliphatic rings. The van der Waals surface area contributed by atoms with Crippen molar-refractivity contribution in [1.29, 1.82) is 0 Å². The van der Waals surface area contributed by atoms with Gasteiger partial charge in [-0.2, -0.15) is 0 Å². The number of benzene rings is 2. The van der Waals surface area contributed by atoms with E-state index in [1.165, 1.54) is 5.01 Å². The summed E-state index contributed by atoms with van der Waals surface area (Å²) in [5.41, 5.74) is 1.73. The molecule has 2 aromatic carbocycles. The second-order valence-electron chi connectivity index (χ2n) is 14.5. The SMILES string of the molecule is C[C@@H](CC[C@]1(O)C(=O)CN(NC2CC2)C1=O)NC(=O)[C@H](CC1CCCCC1)OC(=O)NC(c1ccccc1Cl)C(C)(C)c1cccc(Cl)c1. The lowest BCUT2D eigenvalue weighted by atomic mass is 9.75. The Bertz CT molecular complexity index is 1530. The second-order valence-corrected chi connectivity index (χ2v) is 15.3. The summed E-state index contributed by atoms with van der Waals surface area (Å²) in [6.07, 6.45) is 5.52. The summed E-state index contributed by atoms with van der Waals surface area (Å²) >= 11 is 13.0. The average molecular weight is 716 g/mol. The highest BCUT2D eigenvalue weighted by atomic mass is 35.5. The molecule has 266 valence electrons. The predicted molar refractivity (Wildman–Crippen MR) is 188 cm³/mol. The van der Waals surface area contributed by atoms with Crippen LogP contribution in [0.3, 0.4) is 0 Å². The molecule has 3 fully saturated rings. The van der Waals surface area contributed by atoms with E-state index >= 15 is 0 Å². The van der Waals surface area contributed by atoms with Gasteiger partial charge in [-0.05, 0) is 74.3 Å². The fourth-order valence-corrected chi connectivity index (χ4v) is 7.37. The summed E-state index contributed by atoms with van der Waals surface area (Å²) in [5.74, 6) is -1.47. The Morgan fingerprint density at radius 3 is 2.41 bits per heavy atom. The Balaban J connectivity index is 1.28. The molecular formula is C37H48Cl2N4O6. The lowest BCUT2D eigenvalue weighted by Gasteiger charge is -2.36. The normalized spacial score (nSPS) is 22.0. The topological polar surface area (TPSA) is 137 Å². The minimum Gasteiger partial charge on any atom is -0.436 e. The van der Waals surface area contributed by atoms with E-state index in [1.807, 2.05) is 50.2 Å². The molecule has 0 bridgehead atoms. The number of nitrogens with one attached hydrogen (secondary N) is 3. The van der Waals surface area contributed by atoms with Gasteiger partial charge in [0.15, 0.2) is 11.9 Å². The quantitative estimate of drug-likeness (QED) is 0.172. The number of carbonyl (C=O) groups excluding carboxylic acids is 4. The molecule has 5 rings (SSSR count). The number of ether oxygens (including phenoxy) is 1. The molecule has 0 spiro atoms. The zero-order chi connectivity index (χ0) is 35.3. The van der Waals surface area contributed by atoms with Crippen LogP contribution in [0.25, 0.3) is 0 Å². The van der Waals surface area contributed by atoms with Gasteiger partial charge in [-0.25, -0.2) is 10.2 Å². The van der Waals surface area contributed by atoms with Crippen LogP contribution in [0, 0.1) is 5.92 Å². The molecule has 10 nitrogen and oxygen atoms in total. The molecule has 4 N–H and O–H groups in total. The molecule has 0 aromatic heterocycles. The molecule has 2 aliphatic carbocycles. The van der Waals surface area contributed by atoms with Crippen molar-refractivity contribution in [2.45, 2.75) is 120 Å². The van der Waals surface area contributed by atoms with Crippen LogP contribution in [0.5, 0.6) is 0 Å². The van der Waals surface area contributed by atoms with Crippen LogP contribution in [-0.4, -0.2) is 64.1 Å². The van der Waals surface area contributed by atoms with Crippen LogP contribution in [0.2, 0.25) is 10.0 Å². The van der Waals surface area contributed by atoms with Crippen LogP contribution in [0.15, 0.2) is 48.5 Å². The lowest BCUT2D eigenvalue weighted by molar-refractivity contribution is -0.151. The van der Waals surface area contributed by atoms with Gasteiger partial charge in [0.2, 0.25) is 5.60 Å². The Kier molecular flexibility index (Phi) is 12.0. The summed E-state index contributed by atoms with van der Waals surface area (Å²) in [4.78, 5) is 53.1. The number of halogens is 2. The van der Waals surface area contributed by atoms with E-state index < -0.39 is 52.9 Å². The first kappa shape index (κ1) is 37.1. The number of rotatable bonds is 14. The van der Waals surface area contributed by atoms with E-state index in [-0.39, 0.29) is 31.3 Å². The number of hydrogen-bond acceptors (Lipinski definition) is 7. The third kappa shape index (κ3) is 9.14. The molecule has 2 aromatic rings. The number of carbonyl (C=O) groups is 4. The van der Waals surface area contributed by atoms with Crippen LogP contribution >= 0.6 is 23.2 Å². The molecule has 1 saturated heterocycles. The third-order valence-corrected chi connectivity index (χ3v) is 10.8. The summed E-state index contributed by atoms with van der Waals surface area (Å²) in [7, 11) is 0. The van der Waals surface area contributed by atoms with Crippen LogP contribution in [-0.2, 0) is 24.5 Å². The molecule has 4 atom stereocenters. The number of nitrogens with zero attached hydrogens (tertiary/aromatic N) is 1. The van der Waals surface area contributed by atoms with Gasteiger partial charge in [0, 0.05) is 27.5 Å². The average Bonchev–Trinajstić information content (AvgIpc) is 3.86. The lowest BCUT2D eigenvalue weighted by Crippen LogP contribution is -2.49. The molecule has 1 unspecified atom stereocenters. The highest BCUT2D eigenvalue weighted by Gasteiger charge is 2.53. The van der Waals surface area contributed by atoms with Crippen molar-refractivity contribution in [2.24, 2.45) is 5.92 Å². The maximum absolute atomic E-state index is 13.7. The summed E-state index contributed by atoms with van der Waals surface area (Å²) in [6.45, 7) is 5.51. The maximum Gasteiger partial charge on any atom is 0.408 e.